The third-order valence-corrected chi connectivity index (χ3v) is 5.27. The van der Waals surface area contributed by atoms with Crippen molar-refractivity contribution in [3.05, 3.63) is 29.6 Å². The summed E-state index contributed by atoms with van der Waals surface area (Å²) in [5.74, 6) is 0.186. The first-order chi connectivity index (χ1) is 8.96. The van der Waals surface area contributed by atoms with Gasteiger partial charge in [0.15, 0.2) is 0 Å². The molecule has 0 bridgehead atoms. The molecule has 0 amide bonds. The van der Waals surface area contributed by atoms with Crippen molar-refractivity contribution in [1.29, 1.82) is 0 Å². The van der Waals surface area contributed by atoms with Gasteiger partial charge in [-0.2, -0.15) is 0 Å². The van der Waals surface area contributed by atoms with Crippen molar-refractivity contribution in [1.82, 2.24) is 5.32 Å². The Morgan fingerprint density at radius 3 is 2.79 bits per heavy atom. The highest BCUT2D eigenvalue weighted by atomic mass is 32.2. The molecule has 2 rings (SSSR count). The molecule has 6 heteroatoms. The summed E-state index contributed by atoms with van der Waals surface area (Å²) >= 11 is 1.28. The van der Waals surface area contributed by atoms with Gasteiger partial charge in [-0.05, 0) is 24.5 Å². The molecule has 1 aliphatic carbocycles. The highest BCUT2D eigenvalue weighted by Gasteiger charge is 2.21. The van der Waals surface area contributed by atoms with Crippen LogP contribution in [-0.4, -0.2) is 32.2 Å². The number of hydrogen-bond donors (Lipinski definition) is 1. The minimum Gasteiger partial charge on any atom is -0.310 e. The second-order valence-corrected chi connectivity index (χ2v) is 8.23. The van der Waals surface area contributed by atoms with Gasteiger partial charge in [-0.25, -0.2) is 12.8 Å². The Morgan fingerprint density at radius 1 is 1.42 bits per heavy atom. The van der Waals surface area contributed by atoms with E-state index < -0.39 is 9.84 Å². The van der Waals surface area contributed by atoms with Crippen LogP contribution in [0.2, 0.25) is 0 Å². The van der Waals surface area contributed by atoms with Gasteiger partial charge in [0.25, 0.3) is 0 Å². The van der Waals surface area contributed by atoms with Gasteiger partial charge < -0.3 is 5.32 Å². The van der Waals surface area contributed by atoms with Gasteiger partial charge in [0, 0.05) is 29.5 Å². The molecule has 0 unspecified atom stereocenters. The van der Waals surface area contributed by atoms with Crippen molar-refractivity contribution in [2.24, 2.45) is 0 Å². The van der Waals surface area contributed by atoms with Crippen molar-refractivity contribution in [3.8, 4) is 0 Å². The highest BCUT2D eigenvalue weighted by Crippen LogP contribution is 2.27. The smallest absolute Gasteiger partial charge is 0.148 e. The molecule has 0 atom stereocenters. The predicted molar refractivity (Wildman–Crippen MR) is 76.7 cm³/mol. The molecule has 19 heavy (non-hydrogen) atoms. The lowest BCUT2D eigenvalue weighted by atomic mass is 10.2. The van der Waals surface area contributed by atoms with E-state index in [-0.39, 0.29) is 11.6 Å². The number of hydrogen-bond acceptors (Lipinski definition) is 4. The predicted octanol–water partition coefficient (Wildman–Crippen LogP) is 2.21. The van der Waals surface area contributed by atoms with Gasteiger partial charge in [0.05, 0.1) is 5.75 Å². The van der Waals surface area contributed by atoms with Crippen LogP contribution in [0.5, 0.6) is 0 Å². The number of sulfone groups is 1. The van der Waals surface area contributed by atoms with Crippen LogP contribution >= 0.6 is 11.8 Å². The van der Waals surface area contributed by atoms with Gasteiger partial charge >= 0.3 is 0 Å². The van der Waals surface area contributed by atoms with E-state index in [9.17, 15) is 12.8 Å². The summed E-state index contributed by atoms with van der Waals surface area (Å²) in [5, 5.41) is 3.35. The van der Waals surface area contributed by atoms with Crippen LogP contribution in [0, 0.1) is 5.82 Å². The molecule has 1 aromatic rings. The number of rotatable bonds is 7. The molecule has 1 aliphatic rings. The van der Waals surface area contributed by atoms with E-state index in [1.165, 1.54) is 36.9 Å². The Bertz CT molecular complexity index is 542. The van der Waals surface area contributed by atoms with Crippen LogP contribution in [0.4, 0.5) is 4.39 Å². The molecule has 1 aromatic carbocycles. The molecule has 1 saturated carbocycles. The Labute approximate surface area is 117 Å². The SMILES string of the molecule is CS(=O)(=O)CCSc1c(F)cccc1CNC1CC1. The quantitative estimate of drug-likeness (QED) is 0.785. The normalized spacial score (nSPS) is 15.7. The lowest BCUT2D eigenvalue weighted by molar-refractivity contribution is 0.588. The molecule has 0 heterocycles. The summed E-state index contributed by atoms with van der Waals surface area (Å²) in [4.78, 5) is 0.569. The van der Waals surface area contributed by atoms with Gasteiger partial charge in [0.1, 0.15) is 15.7 Å². The van der Waals surface area contributed by atoms with Crippen molar-refractivity contribution in [2.75, 3.05) is 17.8 Å². The molecular weight excluding hydrogens is 285 g/mol. The maximum Gasteiger partial charge on any atom is 0.148 e. The summed E-state index contributed by atoms with van der Waals surface area (Å²) in [5.41, 5.74) is 0.908. The van der Waals surface area contributed by atoms with Gasteiger partial charge in [-0.1, -0.05) is 12.1 Å². The minimum absolute atomic E-state index is 0.0709. The Hall–Kier alpha value is -0.590. The van der Waals surface area contributed by atoms with E-state index in [0.717, 1.165) is 5.56 Å². The Balaban J connectivity index is 1.99. The first-order valence-corrected chi connectivity index (χ1v) is 9.31. The monoisotopic (exact) mass is 303 g/mol. The van der Waals surface area contributed by atoms with E-state index in [4.69, 9.17) is 0 Å². The highest BCUT2D eigenvalue weighted by molar-refractivity contribution is 8.00. The molecule has 0 radical (unpaired) electrons. The molecule has 3 nitrogen and oxygen atoms in total. The summed E-state index contributed by atoms with van der Waals surface area (Å²) < 4.78 is 36.0. The number of nitrogens with one attached hydrogen (secondary N) is 1. The molecule has 0 saturated heterocycles. The maximum atomic E-state index is 13.8. The van der Waals surface area contributed by atoms with Gasteiger partial charge in [-0.3, -0.25) is 0 Å². The zero-order chi connectivity index (χ0) is 13.9. The van der Waals surface area contributed by atoms with E-state index in [0.29, 0.717) is 23.2 Å². The number of benzene rings is 1. The van der Waals surface area contributed by atoms with E-state index in [1.54, 1.807) is 6.07 Å². The van der Waals surface area contributed by atoms with Crippen LogP contribution in [0.15, 0.2) is 23.1 Å². The maximum absolute atomic E-state index is 13.8. The average molecular weight is 303 g/mol. The fraction of sp³-hybridized carbons (Fsp3) is 0.538. The zero-order valence-corrected chi connectivity index (χ0v) is 12.5. The van der Waals surface area contributed by atoms with Crippen LogP contribution in [-0.2, 0) is 16.4 Å². The van der Waals surface area contributed by atoms with E-state index >= 15 is 0 Å². The van der Waals surface area contributed by atoms with Crippen LogP contribution in [0.3, 0.4) is 0 Å². The molecule has 106 valence electrons. The fourth-order valence-electron chi connectivity index (χ4n) is 1.69. The molecule has 0 aliphatic heterocycles. The molecule has 0 aromatic heterocycles. The standard InChI is InChI=1S/C13H18FNO2S2/c1-19(16,17)8-7-18-13-10(3-2-4-12(13)14)9-15-11-5-6-11/h2-4,11,15H,5-9H2,1H3. The molecule has 1 fully saturated rings. The van der Waals surface area contributed by atoms with Gasteiger partial charge in [0.2, 0.25) is 0 Å². The summed E-state index contributed by atoms with van der Waals surface area (Å²) in [6.45, 7) is 0.642. The fourth-order valence-corrected chi connectivity index (χ4v) is 3.97. The second kappa shape index (κ2) is 6.24. The van der Waals surface area contributed by atoms with Crippen LogP contribution in [0.1, 0.15) is 18.4 Å². The third kappa shape index (κ3) is 5.12. The van der Waals surface area contributed by atoms with E-state index in [2.05, 4.69) is 5.32 Å². The first-order valence-electron chi connectivity index (χ1n) is 6.27. The van der Waals surface area contributed by atoms with Crippen molar-refractivity contribution < 1.29 is 12.8 Å². The van der Waals surface area contributed by atoms with Crippen molar-refractivity contribution >= 4 is 21.6 Å². The molecular formula is C13H18FNO2S2. The van der Waals surface area contributed by atoms with Crippen molar-refractivity contribution in [3.63, 3.8) is 0 Å². The molecule has 0 spiro atoms. The van der Waals surface area contributed by atoms with Crippen LogP contribution < -0.4 is 5.32 Å². The summed E-state index contributed by atoms with van der Waals surface area (Å²) in [7, 11) is -2.99. The summed E-state index contributed by atoms with van der Waals surface area (Å²) in [6, 6.07) is 5.57. The minimum atomic E-state index is -2.99. The van der Waals surface area contributed by atoms with E-state index in [1.807, 2.05) is 6.07 Å². The molecule has 1 N–H and O–H groups in total. The second-order valence-electron chi connectivity index (χ2n) is 4.86. The zero-order valence-electron chi connectivity index (χ0n) is 10.9. The first kappa shape index (κ1) is 14.8. The average Bonchev–Trinajstić information content (AvgIpc) is 3.11. The topological polar surface area (TPSA) is 46.2 Å². The Kier molecular flexibility index (Phi) is 4.86. The largest absolute Gasteiger partial charge is 0.310 e. The third-order valence-electron chi connectivity index (χ3n) is 2.91. The lowest BCUT2D eigenvalue weighted by Crippen LogP contribution is -2.16. The van der Waals surface area contributed by atoms with Crippen molar-refractivity contribution in [2.45, 2.75) is 30.3 Å². The van der Waals surface area contributed by atoms with Crippen LogP contribution in [0.25, 0.3) is 0 Å². The lowest BCUT2D eigenvalue weighted by Gasteiger charge is -2.10. The summed E-state index contributed by atoms with van der Waals surface area (Å²) in [6.07, 6.45) is 3.57. The number of halogens is 1. The number of thioether (sulfide) groups is 1. The Morgan fingerprint density at radius 2 is 2.16 bits per heavy atom. The van der Waals surface area contributed by atoms with Gasteiger partial charge in [-0.15, -0.1) is 11.8 Å².